The summed E-state index contributed by atoms with van der Waals surface area (Å²) >= 11 is 0. The molecule has 0 bridgehead atoms. The van der Waals surface area contributed by atoms with E-state index in [9.17, 15) is 4.21 Å². The van der Waals surface area contributed by atoms with E-state index in [1.54, 1.807) is 0 Å². The monoisotopic (exact) mass is 291 g/mol. The van der Waals surface area contributed by atoms with Crippen LogP contribution in [-0.4, -0.2) is 14.0 Å². The zero-order valence-electron chi connectivity index (χ0n) is 12.2. The number of aryl methyl sites for hydroxylation is 1. The number of hydrogen-bond acceptors (Lipinski definition) is 3. The van der Waals surface area contributed by atoms with Gasteiger partial charge in [-0.3, -0.25) is 8.89 Å². The summed E-state index contributed by atoms with van der Waals surface area (Å²) in [6.07, 6.45) is 2.97. The number of nitrogens with zero attached hydrogens (tertiary/aromatic N) is 2. The zero-order valence-corrected chi connectivity index (χ0v) is 13.0. The van der Waals surface area contributed by atoms with Crippen LogP contribution < -0.4 is 5.73 Å². The summed E-state index contributed by atoms with van der Waals surface area (Å²) < 4.78 is 14.3. The third-order valence-corrected chi connectivity index (χ3v) is 4.92. The molecule has 0 aliphatic rings. The Morgan fingerprint density at radius 1 is 1.40 bits per heavy atom. The number of nitrogen functional groups attached to an aromatic ring is 1. The van der Waals surface area contributed by atoms with Crippen molar-refractivity contribution >= 4 is 16.5 Å². The smallest absolute Gasteiger partial charge is 0.0753 e. The Labute approximate surface area is 122 Å². The highest BCUT2D eigenvalue weighted by Gasteiger charge is 2.12. The van der Waals surface area contributed by atoms with Crippen molar-refractivity contribution in [2.45, 2.75) is 43.9 Å². The van der Waals surface area contributed by atoms with Gasteiger partial charge in [0.05, 0.1) is 32.8 Å². The van der Waals surface area contributed by atoms with Crippen molar-refractivity contribution in [2.75, 3.05) is 5.73 Å². The van der Waals surface area contributed by atoms with E-state index in [2.05, 4.69) is 18.9 Å². The third kappa shape index (κ3) is 3.10. The molecule has 0 aliphatic heterocycles. The number of hydrogen-bond donors (Lipinski definition) is 1. The molecule has 2 atom stereocenters. The van der Waals surface area contributed by atoms with E-state index >= 15 is 0 Å². The number of nitrogens with two attached hydrogens (primary N) is 1. The molecule has 0 saturated heterocycles. The molecule has 2 aromatic rings. The molecule has 1 aromatic carbocycles. The first-order valence-electron chi connectivity index (χ1n) is 6.80. The first-order valence-corrected chi connectivity index (χ1v) is 8.12. The Kier molecular flexibility index (Phi) is 4.60. The molecule has 0 amide bonds. The zero-order chi connectivity index (χ0) is 14.7. The van der Waals surface area contributed by atoms with Crippen LogP contribution in [0.3, 0.4) is 0 Å². The number of aromatic nitrogens is 2. The van der Waals surface area contributed by atoms with E-state index < -0.39 is 10.8 Å². The second-order valence-electron chi connectivity index (χ2n) is 5.02. The minimum Gasteiger partial charge on any atom is -0.398 e. The molecule has 108 valence electrons. The second-order valence-corrected chi connectivity index (χ2v) is 6.44. The van der Waals surface area contributed by atoms with Crippen LogP contribution >= 0.6 is 0 Å². The molecule has 0 saturated carbocycles. The topological polar surface area (TPSA) is 60.9 Å². The lowest BCUT2D eigenvalue weighted by atomic mass is 10.2. The molecule has 2 N–H and O–H groups in total. The molecule has 0 radical (unpaired) electrons. The summed E-state index contributed by atoms with van der Waals surface area (Å²) in [6.45, 7) is 6.16. The molecule has 0 fully saturated rings. The molecule has 0 spiro atoms. The van der Waals surface area contributed by atoms with Gasteiger partial charge < -0.3 is 5.73 Å². The Hall–Kier alpha value is -1.62. The predicted octanol–water partition coefficient (Wildman–Crippen LogP) is 3.05. The van der Waals surface area contributed by atoms with Gasteiger partial charge in [0.25, 0.3) is 0 Å². The molecule has 2 rings (SSSR count). The van der Waals surface area contributed by atoms with E-state index in [0.29, 0.717) is 22.4 Å². The second kappa shape index (κ2) is 6.22. The maximum absolute atomic E-state index is 12.4. The van der Waals surface area contributed by atoms with Crippen LogP contribution in [-0.2, 0) is 16.6 Å². The van der Waals surface area contributed by atoms with Crippen molar-refractivity contribution in [2.24, 2.45) is 0 Å². The van der Waals surface area contributed by atoms with Gasteiger partial charge in [0.1, 0.15) is 0 Å². The van der Waals surface area contributed by atoms with Crippen LogP contribution in [0.5, 0.6) is 0 Å². The van der Waals surface area contributed by atoms with Crippen molar-refractivity contribution < 1.29 is 4.21 Å². The van der Waals surface area contributed by atoms with Gasteiger partial charge in [0, 0.05) is 12.2 Å². The fraction of sp³-hybridized carbons (Fsp3) is 0.400. The lowest BCUT2D eigenvalue weighted by Crippen LogP contribution is -2.06. The Morgan fingerprint density at radius 3 is 2.85 bits per heavy atom. The molecule has 4 nitrogen and oxygen atoms in total. The molecule has 2 unspecified atom stereocenters. The van der Waals surface area contributed by atoms with Gasteiger partial charge in [-0.15, -0.1) is 0 Å². The maximum atomic E-state index is 12.4. The third-order valence-electron chi connectivity index (χ3n) is 3.51. The summed E-state index contributed by atoms with van der Waals surface area (Å²) in [4.78, 5) is 0.697. The largest absolute Gasteiger partial charge is 0.398 e. The van der Waals surface area contributed by atoms with Gasteiger partial charge in [-0.25, -0.2) is 0 Å². The fourth-order valence-corrected chi connectivity index (χ4v) is 3.17. The standard InChI is InChI=1S/C15H21N3OS/c1-4-12(3)18-9-8-13(17-18)10-20(19)14-7-5-6-11(2)15(14)16/h5-9,12H,4,10,16H2,1-3H3. The maximum Gasteiger partial charge on any atom is 0.0753 e. The molecule has 1 aromatic heterocycles. The first-order chi connectivity index (χ1) is 9.52. The van der Waals surface area contributed by atoms with E-state index in [0.717, 1.165) is 17.7 Å². The van der Waals surface area contributed by atoms with Gasteiger partial charge >= 0.3 is 0 Å². The quantitative estimate of drug-likeness (QED) is 0.861. The van der Waals surface area contributed by atoms with Gasteiger partial charge in [-0.2, -0.15) is 5.10 Å². The van der Waals surface area contributed by atoms with E-state index in [1.807, 2.05) is 42.1 Å². The number of para-hydroxylation sites is 1. The number of anilines is 1. The highest BCUT2D eigenvalue weighted by atomic mass is 32.2. The van der Waals surface area contributed by atoms with Crippen LogP contribution in [0.25, 0.3) is 0 Å². The van der Waals surface area contributed by atoms with Gasteiger partial charge in [0.2, 0.25) is 0 Å². The average molecular weight is 291 g/mol. The van der Waals surface area contributed by atoms with Crippen molar-refractivity contribution in [1.29, 1.82) is 0 Å². The summed E-state index contributed by atoms with van der Waals surface area (Å²) in [7, 11) is -1.16. The van der Waals surface area contributed by atoms with Crippen LogP contribution in [0.1, 0.15) is 37.6 Å². The van der Waals surface area contributed by atoms with Crippen molar-refractivity contribution in [3.8, 4) is 0 Å². The summed E-state index contributed by atoms with van der Waals surface area (Å²) in [5, 5.41) is 4.48. The molecular formula is C15H21N3OS. The molecule has 5 heteroatoms. The van der Waals surface area contributed by atoms with Crippen molar-refractivity contribution in [3.05, 3.63) is 41.7 Å². The number of benzene rings is 1. The van der Waals surface area contributed by atoms with E-state index in [-0.39, 0.29) is 0 Å². The average Bonchev–Trinajstić information content (AvgIpc) is 2.89. The van der Waals surface area contributed by atoms with E-state index in [1.165, 1.54) is 0 Å². The minimum atomic E-state index is -1.16. The van der Waals surface area contributed by atoms with Crippen LogP contribution in [0.15, 0.2) is 35.4 Å². The summed E-state index contributed by atoms with van der Waals surface area (Å²) in [5.41, 5.74) is 8.41. The van der Waals surface area contributed by atoms with E-state index in [4.69, 9.17) is 5.73 Å². The molecule has 1 heterocycles. The lowest BCUT2D eigenvalue weighted by Gasteiger charge is -2.09. The summed E-state index contributed by atoms with van der Waals surface area (Å²) in [6, 6.07) is 7.92. The lowest BCUT2D eigenvalue weighted by molar-refractivity contribution is 0.475. The predicted molar refractivity (Wildman–Crippen MR) is 82.9 cm³/mol. The Balaban J connectivity index is 2.15. The Morgan fingerprint density at radius 2 is 2.15 bits per heavy atom. The van der Waals surface area contributed by atoms with Gasteiger partial charge in [-0.1, -0.05) is 19.1 Å². The first kappa shape index (κ1) is 14.8. The fourth-order valence-electron chi connectivity index (χ4n) is 1.95. The normalized spacial score (nSPS) is 14.2. The number of rotatable bonds is 5. The molecule has 20 heavy (non-hydrogen) atoms. The Bertz CT molecular complexity index is 621. The highest BCUT2D eigenvalue weighted by Crippen LogP contribution is 2.22. The molecule has 0 aliphatic carbocycles. The van der Waals surface area contributed by atoms with Crippen LogP contribution in [0.2, 0.25) is 0 Å². The molecular weight excluding hydrogens is 270 g/mol. The van der Waals surface area contributed by atoms with Crippen molar-refractivity contribution in [1.82, 2.24) is 9.78 Å². The van der Waals surface area contributed by atoms with Gasteiger partial charge in [-0.05, 0) is 38.0 Å². The highest BCUT2D eigenvalue weighted by molar-refractivity contribution is 7.84. The minimum absolute atomic E-state index is 0.362. The summed E-state index contributed by atoms with van der Waals surface area (Å²) in [5.74, 6) is 0.400. The van der Waals surface area contributed by atoms with Crippen LogP contribution in [0.4, 0.5) is 5.69 Å². The van der Waals surface area contributed by atoms with Crippen LogP contribution in [0, 0.1) is 6.92 Å². The van der Waals surface area contributed by atoms with Gasteiger partial charge in [0.15, 0.2) is 0 Å². The SMILES string of the molecule is CCC(C)n1ccc(CS(=O)c2cccc(C)c2N)n1. The van der Waals surface area contributed by atoms with Crippen molar-refractivity contribution in [3.63, 3.8) is 0 Å².